The lowest BCUT2D eigenvalue weighted by Crippen LogP contribution is -2.46. The lowest BCUT2D eigenvalue weighted by atomic mass is 9.49. The number of carbonyl (C=O) groups is 7. The number of rotatable bonds is 8. The average molecular weight is 2130 g/mol. The van der Waals surface area contributed by atoms with E-state index in [0.717, 1.165) is 47.8 Å². The molecule has 35 nitrogen and oxygen atoms in total. The van der Waals surface area contributed by atoms with Crippen LogP contribution in [0.5, 0.6) is 0 Å². The molecule has 0 saturated carbocycles. The molecule has 146 heavy (non-hydrogen) atoms. The fourth-order valence-electron chi connectivity index (χ4n) is 15.1. The Kier molecular flexibility index (Phi) is 41.2. The standard InChI is InChI=1S/3C17H30BNO4.C12H24B2O4.2C12H18F3NO5S.C11H19NO3/c3*1-12-11-13(18-22-16(5,6)17(7,8)23-18)9-10-19(12)14(20)21-15(2,3)4;1-9(2)10(3,4)16-13(15-9)14-17-11(5,6)12(7,8)18-14;2*1-8-7-9(21-22(18,19)12(13,14)15)5-6-16(8)10(17)20-11(2,3)4;1-8-7-9(13)5-6-12(8)10(14)15-11(2,3)4/h11-12H,9-10H2,1-8H3;2*9,12H,10-11H2,1-8H3;1-8H3;7-8H,5-6H2,1-4H3;5,8H,6-7H2,1-4H3;8H,5-7H2,1-4H3/t3*12-;;3*8-/m000.000/s1. The maximum Gasteiger partial charge on any atom is 0.534 e. The van der Waals surface area contributed by atoms with Gasteiger partial charge in [0, 0.05) is 89.1 Å². The molecule has 11 heterocycles. The van der Waals surface area contributed by atoms with Crippen molar-refractivity contribution in [3.63, 3.8) is 0 Å². The summed E-state index contributed by atoms with van der Waals surface area (Å²) in [7, 11) is -13.3. The van der Waals surface area contributed by atoms with Gasteiger partial charge in [-0.25, -0.2) is 28.8 Å². The van der Waals surface area contributed by atoms with Crippen LogP contribution in [0.25, 0.3) is 0 Å². The predicted molar refractivity (Wildman–Crippen MR) is 545 cm³/mol. The number of nitrogens with zero attached hydrogens (tertiary/aromatic N) is 6. The van der Waals surface area contributed by atoms with Gasteiger partial charge in [0.05, 0.1) is 68.1 Å². The molecule has 0 spiro atoms. The number of amides is 6. The lowest BCUT2D eigenvalue weighted by Gasteiger charge is -2.34. The van der Waals surface area contributed by atoms with Gasteiger partial charge in [-0.2, -0.15) is 43.2 Å². The number of ether oxygens (including phenoxy) is 6. The van der Waals surface area contributed by atoms with Crippen molar-refractivity contribution < 1.29 is 160 Å². The van der Waals surface area contributed by atoms with E-state index in [0.29, 0.717) is 39.0 Å². The molecule has 6 atom stereocenters. The molecule has 6 fully saturated rings. The highest BCUT2D eigenvalue weighted by molar-refractivity contribution is 7.88. The summed E-state index contributed by atoms with van der Waals surface area (Å²) in [5, 5.41) is 0. The number of hydrogen-bond acceptors (Lipinski definition) is 29. The Labute approximate surface area is 867 Å². The van der Waals surface area contributed by atoms with Crippen LogP contribution in [0.3, 0.4) is 0 Å². The van der Waals surface area contributed by atoms with Crippen molar-refractivity contribution in [2.75, 3.05) is 39.3 Å². The quantitative estimate of drug-likeness (QED) is 0.0716. The summed E-state index contributed by atoms with van der Waals surface area (Å²) in [4.78, 5) is 92.9. The van der Waals surface area contributed by atoms with Gasteiger partial charge in [-0.3, -0.25) is 4.79 Å². The maximum atomic E-state index is 12.3. The first-order valence-corrected chi connectivity index (χ1v) is 52.7. The molecule has 11 aliphatic rings. The van der Waals surface area contributed by atoms with Gasteiger partial charge in [0.2, 0.25) is 0 Å². The zero-order valence-corrected chi connectivity index (χ0v) is 96.7. The summed E-state index contributed by atoms with van der Waals surface area (Å²) in [5.41, 5.74) is -14.5. The summed E-state index contributed by atoms with van der Waals surface area (Å²) < 4.78 is 218. The normalized spacial score (nSPS) is 25.2. The number of carbonyl (C=O) groups excluding carboxylic acids is 7. The van der Waals surface area contributed by atoms with Crippen LogP contribution in [0.1, 0.15) is 350 Å². The number of alkyl halides is 6. The lowest BCUT2D eigenvalue weighted by molar-refractivity contribution is -0.122. The van der Waals surface area contributed by atoms with Crippen molar-refractivity contribution >= 4 is 98.0 Å². The van der Waals surface area contributed by atoms with Crippen LogP contribution in [0.4, 0.5) is 55.1 Å². The van der Waals surface area contributed by atoms with Crippen LogP contribution in [0.2, 0.25) is 0 Å². The zero-order chi connectivity index (χ0) is 113. The van der Waals surface area contributed by atoms with E-state index in [1.165, 1.54) is 16.7 Å². The second-order valence-electron chi connectivity index (χ2n) is 49.5. The Bertz CT molecular complexity index is 4700. The molecule has 0 aromatic rings. The van der Waals surface area contributed by atoms with Crippen LogP contribution < -0.4 is 0 Å². The molecule has 0 aromatic heterocycles. The first-order chi connectivity index (χ1) is 65.1. The van der Waals surface area contributed by atoms with E-state index < -0.39 is 103 Å². The molecule has 6 amide bonds. The van der Waals surface area contributed by atoms with Gasteiger partial charge in [0.25, 0.3) is 0 Å². The van der Waals surface area contributed by atoms with Crippen molar-refractivity contribution in [1.82, 2.24) is 29.4 Å². The monoisotopic (exact) mass is 2130 g/mol. The first kappa shape index (κ1) is 129. The van der Waals surface area contributed by atoms with Crippen molar-refractivity contribution in [2.24, 2.45) is 0 Å². The number of likely N-dealkylation sites (tertiary alicyclic amines) is 1. The van der Waals surface area contributed by atoms with E-state index in [-0.39, 0.29) is 169 Å². The minimum atomic E-state index is -5.69. The second-order valence-corrected chi connectivity index (χ2v) is 52.6. The first-order valence-electron chi connectivity index (χ1n) is 49.9. The van der Waals surface area contributed by atoms with Crippen molar-refractivity contribution in [3.8, 4) is 0 Å². The van der Waals surface area contributed by atoms with Crippen molar-refractivity contribution in [3.05, 3.63) is 58.3 Å². The number of piperidine rings is 1. The van der Waals surface area contributed by atoms with Crippen molar-refractivity contribution in [1.29, 1.82) is 0 Å². The Morgan fingerprint density at radius 2 is 0.527 bits per heavy atom. The highest BCUT2D eigenvalue weighted by Gasteiger charge is 2.65. The van der Waals surface area contributed by atoms with E-state index in [4.69, 9.17) is 75.0 Å². The second kappa shape index (κ2) is 46.5. The third-order valence-corrected chi connectivity index (χ3v) is 28.8. The molecule has 0 N–H and O–H groups in total. The maximum absolute atomic E-state index is 12.3. The molecule has 0 unspecified atom stereocenters. The smallest absolute Gasteiger partial charge is 0.444 e. The van der Waals surface area contributed by atoms with Gasteiger partial charge in [0.15, 0.2) is 0 Å². The summed E-state index contributed by atoms with van der Waals surface area (Å²) >= 11 is 0. The van der Waals surface area contributed by atoms with E-state index in [9.17, 15) is 76.7 Å². The summed E-state index contributed by atoms with van der Waals surface area (Å²) in [6, 6.07) is -1.17. The average Bonchev–Trinajstić information content (AvgIpc) is 1.59. The third-order valence-electron chi connectivity index (χ3n) is 26.8. The third kappa shape index (κ3) is 36.4. The summed E-state index contributed by atoms with van der Waals surface area (Å²) in [6.07, 6.45) is 8.79. The van der Waals surface area contributed by atoms with Crippen LogP contribution >= 0.6 is 0 Å². The number of ketones is 1. The molecule has 11 aliphatic heterocycles. The summed E-state index contributed by atoms with van der Waals surface area (Å²) in [6.45, 7) is 86.4. The fraction of sp³-hybridized carbons (Fsp3) is 0.827. The molecule has 0 radical (unpaired) electrons. The topological polar surface area (TPSA) is 373 Å². The molecular weight excluding hydrogens is 1960 g/mol. The molecule has 834 valence electrons. The van der Waals surface area contributed by atoms with E-state index >= 15 is 0 Å². The molecule has 11 rings (SSSR count). The number of Topliss-reactive ketones (excluding diaryl/α,β-unsaturated/α-hetero) is 1. The summed E-state index contributed by atoms with van der Waals surface area (Å²) in [5.74, 6) is -0.462. The Hall–Kier alpha value is -7.01. The Morgan fingerprint density at radius 1 is 0.301 bits per heavy atom. The highest BCUT2D eigenvalue weighted by Crippen LogP contribution is 2.47. The largest absolute Gasteiger partial charge is 0.534 e. The SMILES string of the molecule is CC1(C)OB(B2OC(C)(C)C(C)(C)O2)OC1(C)C.C[C@H]1C=C(B2OC(C)(C)C(C)(C)O2)CCN1C(=O)OC(C)(C)C.C[C@H]1C=C(OS(=O)(=O)C(F)(F)F)CCN1C(=O)OC(C)(C)C.C[C@H]1CC(=O)CCN1C(=O)OC(C)(C)C.C[C@H]1CC(B2OC(C)(C)C(C)(C)O2)=CCN1C(=O)OC(C)(C)C.C[C@H]1CC(B2OC(C)(C)C(C)(C)O2)=CCN1C(=O)OC(C)(C)C.C[C@H]1CC(OS(=O)(=O)C(F)(F)F)=CCN1C(=O)OC(C)(C)C. The highest BCUT2D eigenvalue weighted by atomic mass is 32.2. The molecule has 0 bridgehead atoms. The number of hydrogen-bond donors (Lipinski definition) is 0. The fourth-order valence-corrected chi connectivity index (χ4v) is 16.1. The predicted octanol–water partition coefficient (Wildman–Crippen LogP) is 20.5. The Morgan fingerprint density at radius 3 is 0.781 bits per heavy atom. The van der Waals surface area contributed by atoms with Crippen molar-refractivity contribution in [2.45, 2.75) is 486 Å². The zero-order valence-electron chi connectivity index (χ0n) is 95.0. The minimum absolute atomic E-state index is 0.00467. The van der Waals surface area contributed by atoms with E-state index in [1.54, 1.807) is 68.1 Å². The van der Waals surface area contributed by atoms with E-state index in [2.05, 4.69) is 14.4 Å². The van der Waals surface area contributed by atoms with Crippen LogP contribution in [-0.4, -0.2) is 300 Å². The van der Waals surface area contributed by atoms with Gasteiger partial charge in [-0.1, -0.05) is 18.2 Å². The molecular formula is C98H169B5F6N6O29S2. The van der Waals surface area contributed by atoms with Crippen LogP contribution in [-0.2, 0) is 108 Å². The Balaban J connectivity index is 0.000000301. The van der Waals surface area contributed by atoms with Gasteiger partial charge in [-0.15, -0.1) is 0 Å². The van der Waals surface area contributed by atoms with Crippen LogP contribution in [0.15, 0.2) is 58.3 Å². The van der Waals surface area contributed by atoms with Gasteiger partial charge in [-0.05, 0) is 352 Å². The van der Waals surface area contributed by atoms with Gasteiger partial charge < -0.3 is 113 Å². The van der Waals surface area contributed by atoms with Gasteiger partial charge >= 0.3 is 103 Å². The molecule has 0 aromatic carbocycles. The van der Waals surface area contributed by atoms with Crippen LogP contribution in [0, 0.1) is 0 Å². The van der Waals surface area contributed by atoms with E-state index in [1.807, 2.05) is 261 Å². The molecule has 0 aliphatic carbocycles. The molecule has 48 heteroatoms. The minimum Gasteiger partial charge on any atom is -0.444 e. The number of halogens is 6. The van der Waals surface area contributed by atoms with Gasteiger partial charge in [0.1, 0.15) is 50.9 Å². The molecule has 6 saturated heterocycles.